The molecule has 2 saturated heterocycles. The number of carbonyl (C=O) groups excluding carboxylic acids is 1. The first-order valence-corrected chi connectivity index (χ1v) is 10.1. The van der Waals surface area contributed by atoms with Gasteiger partial charge >= 0.3 is 0 Å². The number of amides is 1. The third-order valence-electron chi connectivity index (χ3n) is 4.58. The van der Waals surface area contributed by atoms with Gasteiger partial charge in [-0.1, -0.05) is 15.9 Å². The highest BCUT2D eigenvalue weighted by Gasteiger charge is 2.30. The third-order valence-corrected chi connectivity index (χ3v) is 6.12. The van der Waals surface area contributed by atoms with Gasteiger partial charge in [0.15, 0.2) is 0 Å². The topological polar surface area (TPSA) is 35.6 Å². The van der Waals surface area contributed by atoms with Crippen LogP contribution in [-0.4, -0.2) is 66.8 Å². The van der Waals surface area contributed by atoms with Crippen LogP contribution in [0.25, 0.3) is 0 Å². The molecule has 1 unspecified atom stereocenters. The third kappa shape index (κ3) is 5.63. The lowest BCUT2D eigenvalue weighted by molar-refractivity contribution is -0.129. The van der Waals surface area contributed by atoms with Crippen LogP contribution in [0.4, 0.5) is 0 Å². The maximum atomic E-state index is 12.4. The maximum absolute atomic E-state index is 12.4. The minimum absolute atomic E-state index is 0. The van der Waals surface area contributed by atoms with Gasteiger partial charge in [-0.3, -0.25) is 9.69 Å². The monoisotopic (exact) mass is 433 g/mol. The van der Waals surface area contributed by atoms with E-state index in [4.69, 9.17) is 0 Å². The van der Waals surface area contributed by atoms with Crippen molar-refractivity contribution in [2.24, 2.45) is 0 Å². The number of hydrogen-bond acceptors (Lipinski definition) is 4. The van der Waals surface area contributed by atoms with Crippen molar-refractivity contribution in [3.8, 4) is 0 Å². The number of nitrogens with one attached hydrogen (secondary N) is 1. The SMILES string of the molecule is Cl.O=C(CCSc1ccc(Br)cc1)N1CCC(N2CCNCC2)C1. The Morgan fingerprint density at radius 2 is 1.92 bits per heavy atom. The van der Waals surface area contributed by atoms with Gasteiger partial charge in [0, 0.05) is 66.9 Å². The summed E-state index contributed by atoms with van der Waals surface area (Å²) in [5, 5.41) is 3.39. The molecule has 134 valence electrons. The number of thioether (sulfide) groups is 1. The molecule has 2 heterocycles. The Balaban J connectivity index is 0.00000208. The molecule has 2 fully saturated rings. The van der Waals surface area contributed by atoms with Crippen LogP contribution in [0.5, 0.6) is 0 Å². The highest BCUT2D eigenvalue weighted by Crippen LogP contribution is 2.22. The minimum atomic E-state index is 0. The van der Waals surface area contributed by atoms with Crippen molar-refractivity contribution in [2.45, 2.75) is 23.8 Å². The highest BCUT2D eigenvalue weighted by atomic mass is 79.9. The van der Waals surface area contributed by atoms with E-state index in [0.717, 1.165) is 55.9 Å². The lowest BCUT2D eigenvalue weighted by Gasteiger charge is -2.32. The van der Waals surface area contributed by atoms with Crippen LogP contribution in [-0.2, 0) is 4.79 Å². The van der Waals surface area contributed by atoms with Crippen LogP contribution in [0, 0.1) is 0 Å². The number of piperazine rings is 1. The number of likely N-dealkylation sites (tertiary alicyclic amines) is 1. The smallest absolute Gasteiger partial charge is 0.223 e. The quantitative estimate of drug-likeness (QED) is 0.723. The summed E-state index contributed by atoms with van der Waals surface area (Å²) in [6.45, 7) is 6.24. The number of halogens is 2. The van der Waals surface area contributed by atoms with Crippen LogP contribution in [0.2, 0.25) is 0 Å². The lowest BCUT2D eigenvalue weighted by Crippen LogP contribution is -2.49. The van der Waals surface area contributed by atoms with Gasteiger partial charge in [0.05, 0.1) is 0 Å². The van der Waals surface area contributed by atoms with E-state index in [1.807, 2.05) is 12.1 Å². The van der Waals surface area contributed by atoms with E-state index in [1.165, 1.54) is 4.90 Å². The van der Waals surface area contributed by atoms with E-state index in [2.05, 4.69) is 43.2 Å². The zero-order valence-electron chi connectivity index (χ0n) is 13.7. The fourth-order valence-corrected chi connectivity index (χ4v) is 4.36. The standard InChI is InChI=1S/C17H24BrN3OS.ClH/c18-14-1-3-16(4-2-14)23-12-6-17(22)21-9-5-15(13-21)20-10-7-19-8-11-20;/h1-4,15,19H,5-13H2;1H. The Kier molecular flexibility index (Phi) is 8.37. The first-order chi connectivity index (χ1) is 11.2. The van der Waals surface area contributed by atoms with Crippen LogP contribution < -0.4 is 5.32 Å². The predicted molar refractivity (Wildman–Crippen MR) is 106 cm³/mol. The first kappa shape index (κ1) is 20.0. The Morgan fingerprint density at radius 1 is 1.21 bits per heavy atom. The van der Waals surface area contributed by atoms with Gasteiger partial charge in [0.2, 0.25) is 5.91 Å². The van der Waals surface area contributed by atoms with Crippen molar-refractivity contribution in [2.75, 3.05) is 45.0 Å². The van der Waals surface area contributed by atoms with Gasteiger partial charge in [-0.25, -0.2) is 0 Å². The van der Waals surface area contributed by atoms with Crippen molar-refractivity contribution in [1.29, 1.82) is 0 Å². The average Bonchev–Trinajstić information content (AvgIpc) is 3.07. The second kappa shape index (κ2) is 10.0. The van der Waals surface area contributed by atoms with Crippen molar-refractivity contribution in [3.63, 3.8) is 0 Å². The molecule has 1 N–H and O–H groups in total. The van der Waals surface area contributed by atoms with Crippen LogP contribution >= 0.6 is 40.1 Å². The van der Waals surface area contributed by atoms with Gasteiger partial charge in [0.1, 0.15) is 0 Å². The number of nitrogens with zero attached hydrogens (tertiary/aromatic N) is 2. The fourth-order valence-electron chi connectivity index (χ4n) is 3.26. The second-order valence-corrected chi connectivity index (χ2v) is 8.20. The van der Waals surface area contributed by atoms with E-state index >= 15 is 0 Å². The Morgan fingerprint density at radius 3 is 2.62 bits per heavy atom. The number of hydrogen-bond donors (Lipinski definition) is 1. The number of carbonyl (C=O) groups is 1. The van der Waals surface area contributed by atoms with Crippen LogP contribution in [0.3, 0.4) is 0 Å². The molecule has 2 aliphatic rings. The lowest BCUT2D eigenvalue weighted by atomic mass is 10.2. The van der Waals surface area contributed by atoms with Gasteiger partial charge < -0.3 is 10.2 Å². The summed E-state index contributed by atoms with van der Waals surface area (Å²) in [5.41, 5.74) is 0. The molecule has 0 bridgehead atoms. The molecule has 1 atom stereocenters. The maximum Gasteiger partial charge on any atom is 0.223 e. The van der Waals surface area contributed by atoms with Crippen molar-refractivity contribution in [1.82, 2.24) is 15.1 Å². The van der Waals surface area contributed by atoms with Gasteiger partial charge in [0.25, 0.3) is 0 Å². The van der Waals surface area contributed by atoms with Gasteiger partial charge in [-0.05, 0) is 30.7 Å². The van der Waals surface area contributed by atoms with Crippen LogP contribution in [0.1, 0.15) is 12.8 Å². The van der Waals surface area contributed by atoms with Crippen molar-refractivity contribution < 1.29 is 4.79 Å². The molecular formula is C17H25BrClN3OS. The normalized spacial score (nSPS) is 21.5. The summed E-state index contributed by atoms with van der Waals surface area (Å²) >= 11 is 5.20. The summed E-state index contributed by atoms with van der Waals surface area (Å²) in [7, 11) is 0. The van der Waals surface area contributed by atoms with E-state index in [-0.39, 0.29) is 12.4 Å². The molecule has 1 aromatic carbocycles. The van der Waals surface area contributed by atoms with E-state index < -0.39 is 0 Å². The summed E-state index contributed by atoms with van der Waals surface area (Å²) in [6.07, 6.45) is 1.76. The molecule has 2 aliphatic heterocycles. The molecule has 1 aromatic rings. The molecule has 0 aliphatic carbocycles. The Hall–Kier alpha value is -0.270. The largest absolute Gasteiger partial charge is 0.341 e. The molecular weight excluding hydrogens is 410 g/mol. The molecule has 4 nitrogen and oxygen atoms in total. The fraction of sp³-hybridized carbons (Fsp3) is 0.588. The van der Waals surface area contributed by atoms with Gasteiger partial charge in [-0.15, -0.1) is 24.2 Å². The van der Waals surface area contributed by atoms with Crippen molar-refractivity contribution in [3.05, 3.63) is 28.7 Å². The molecule has 7 heteroatoms. The zero-order valence-corrected chi connectivity index (χ0v) is 17.0. The zero-order chi connectivity index (χ0) is 16.1. The van der Waals surface area contributed by atoms with Gasteiger partial charge in [-0.2, -0.15) is 0 Å². The number of benzene rings is 1. The highest BCUT2D eigenvalue weighted by molar-refractivity contribution is 9.10. The Labute approximate surface area is 163 Å². The molecule has 3 rings (SSSR count). The molecule has 1 amide bonds. The Bertz CT molecular complexity index is 525. The minimum Gasteiger partial charge on any atom is -0.341 e. The van der Waals surface area contributed by atoms with Crippen LogP contribution in [0.15, 0.2) is 33.6 Å². The summed E-state index contributed by atoms with van der Waals surface area (Å²) in [4.78, 5) is 18.2. The summed E-state index contributed by atoms with van der Waals surface area (Å²) in [5.74, 6) is 1.17. The van der Waals surface area contributed by atoms with Crippen molar-refractivity contribution >= 4 is 46.0 Å². The predicted octanol–water partition coefficient (Wildman–Crippen LogP) is 2.86. The van der Waals surface area contributed by atoms with E-state index in [0.29, 0.717) is 18.4 Å². The molecule has 0 radical (unpaired) electrons. The van der Waals surface area contributed by atoms with E-state index in [1.54, 1.807) is 11.8 Å². The average molecular weight is 435 g/mol. The van der Waals surface area contributed by atoms with E-state index in [9.17, 15) is 4.79 Å². The number of rotatable bonds is 5. The molecule has 0 aromatic heterocycles. The molecule has 0 saturated carbocycles. The summed E-state index contributed by atoms with van der Waals surface area (Å²) < 4.78 is 1.09. The first-order valence-electron chi connectivity index (χ1n) is 8.33. The summed E-state index contributed by atoms with van der Waals surface area (Å²) in [6, 6.07) is 8.84. The second-order valence-electron chi connectivity index (χ2n) is 6.12. The molecule has 0 spiro atoms. The molecule has 24 heavy (non-hydrogen) atoms.